The molecule has 0 radical (unpaired) electrons. The van der Waals surface area contributed by atoms with E-state index in [1.165, 1.54) is 0 Å². The van der Waals surface area contributed by atoms with E-state index in [-0.39, 0.29) is 11.6 Å². The first-order valence-electron chi connectivity index (χ1n) is 11.4. The first-order chi connectivity index (χ1) is 16.5. The molecule has 0 aliphatic carbocycles. The number of methoxy groups -OCH3 is 2. The summed E-state index contributed by atoms with van der Waals surface area (Å²) >= 11 is 0. The third-order valence-electron chi connectivity index (χ3n) is 6.41. The van der Waals surface area contributed by atoms with Crippen molar-refractivity contribution in [2.75, 3.05) is 14.2 Å². The summed E-state index contributed by atoms with van der Waals surface area (Å²) < 4.78 is 14.5. The number of para-hydroxylation sites is 2. The van der Waals surface area contributed by atoms with E-state index in [0.717, 1.165) is 23.0 Å². The lowest BCUT2D eigenvalue weighted by molar-refractivity contribution is 0.354. The number of nitrogens with zero attached hydrogens (tertiary/aromatic N) is 5. The van der Waals surface area contributed by atoms with Crippen LogP contribution in [0.2, 0.25) is 0 Å². The second-order valence-electron chi connectivity index (χ2n) is 8.39. The Hall–Kier alpha value is -3.94. The van der Waals surface area contributed by atoms with Crippen molar-refractivity contribution in [3.63, 3.8) is 0 Å². The molecule has 0 spiro atoms. The minimum atomic E-state index is -0.0844. The van der Waals surface area contributed by atoms with Crippen LogP contribution in [0.4, 0.5) is 0 Å². The topological polar surface area (TPSA) is 84.1 Å². The average molecular weight is 458 g/mol. The minimum Gasteiger partial charge on any atom is -0.493 e. The van der Waals surface area contributed by atoms with E-state index in [1.54, 1.807) is 25.1 Å². The molecule has 0 amide bonds. The van der Waals surface area contributed by atoms with Crippen molar-refractivity contribution < 1.29 is 9.47 Å². The lowest BCUT2D eigenvalue weighted by Gasteiger charge is -2.13. The molecule has 0 N–H and O–H groups in total. The molecular weight excluding hydrogens is 430 g/mol. The van der Waals surface area contributed by atoms with E-state index in [4.69, 9.17) is 24.4 Å². The molecule has 0 bridgehead atoms. The molecule has 34 heavy (non-hydrogen) atoms. The van der Waals surface area contributed by atoms with E-state index in [9.17, 15) is 4.79 Å². The van der Waals surface area contributed by atoms with E-state index in [2.05, 4.69) is 6.92 Å². The van der Waals surface area contributed by atoms with Crippen LogP contribution in [0.15, 0.2) is 53.6 Å². The van der Waals surface area contributed by atoms with E-state index in [0.29, 0.717) is 46.7 Å². The van der Waals surface area contributed by atoms with Gasteiger partial charge >= 0.3 is 0 Å². The summed E-state index contributed by atoms with van der Waals surface area (Å²) in [5.74, 6) is 1.37. The Morgan fingerprint density at radius 3 is 2.41 bits per heavy atom. The normalized spacial score (nSPS) is 12.5. The van der Waals surface area contributed by atoms with Gasteiger partial charge in [0, 0.05) is 12.6 Å². The van der Waals surface area contributed by atoms with Gasteiger partial charge in [-0.1, -0.05) is 25.1 Å². The van der Waals surface area contributed by atoms with Crippen LogP contribution in [0.1, 0.15) is 31.9 Å². The van der Waals surface area contributed by atoms with E-state index >= 15 is 0 Å². The Balaban J connectivity index is 1.69. The molecule has 5 rings (SSSR count). The van der Waals surface area contributed by atoms with Gasteiger partial charge in [0.25, 0.3) is 5.56 Å². The summed E-state index contributed by atoms with van der Waals surface area (Å²) in [6.45, 7) is 4.66. The Kier molecular flexibility index (Phi) is 5.65. The largest absolute Gasteiger partial charge is 0.493 e. The van der Waals surface area contributed by atoms with Gasteiger partial charge in [0.15, 0.2) is 22.8 Å². The van der Waals surface area contributed by atoms with Crippen molar-refractivity contribution in [1.29, 1.82) is 0 Å². The van der Waals surface area contributed by atoms with Crippen molar-refractivity contribution in [2.24, 2.45) is 0 Å². The summed E-state index contributed by atoms with van der Waals surface area (Å²) in [4.78, 5) is 28.0. The fourth-order valence-electron chi connectivity index (χ4n) is 4.32. The zero-order chi connectivity index (χ0) is 23.8. The maximum absolute atomic E-state index is 13.5. The lowest BCUT2D eigenvalue weighted by Crippen LogP contribution is -2.23. The van der Waals surface area contributed by atoms with Crippen LogP contribution in [0, 0.1) is 0 Å². The van der Waals surface area contributed by atoms with Crippen LogP contribution >= 0.6 is 0 Å². The third-order valence-corrected chi connectivity index (χ3v) is 6.41. The molecule has 0 saturated heterocycles. The quantitative estimate of drug-likeness (QED) is 0.357. The van der Waals surface area contributed by atoms with Gasteiger partial charge in [-0.15, -0.1) is 0 Å². The van der Waals surface area contributed by atoms with Gasteiger partial charge in [-0.2, -0.15) is 0 Å². The van der Waals surface area contributed by atoms with Crippen LogP contribution in [0.3, 0.4) is 0 Å². The number of rotatable bonds is 7. The number of fused-ring (bicyclic) bond motifs is 4. The van der Waals surface area contributed by atoms with Gasteiger partial charge in [-0.3, -0.25) is 9.36 Å². The molecule has 5 aromatic rings. The van der Waals surface area contributed by atoms with Gasteiger partial charge < -0.3 is 14.0 Å². The van der Waals surface area contributed by atoms with Crippen LogP contribution < -0.4 is 15.0 Å². The van der Waals surface area contributed by atoms with Gasteiger partial charge in [-0.05, 0) is 49.6 Å². The first kappa shape index (κ1) is 21.9. The molecule has 8 heteroatoms. The second-order valence-corrected chi connectivity index (χ2v) is 8.39. The molecule has 3 heterocycles. The van der Waals surface area contributed by atoms with Crippen molar-refractivity contribution in [1.82, 2.24) is 24.1 Å². The number of aryl methyl sites for hydroxylation is 2. The number of hydrogen-bond donors (Lipinski definition) is 0. The molecule has 2 aromatic carbocycles. The number of benzene rings is 2. The Labute approximate surface area is 196 Å². The fraction of sp³-hybridized carbons (Fsp3) is 0.308. The van der Waals surface area contributed by atoms with Crippen LogP contribution in [-0.2, 0) is 13.0 Å². The molecule has 1 atom stereocenters. The lowest BCUT2D eigenvalue weighted by atomic mass is 10.1. The predicted octanol–water partition coefficient (Wildman–Crippen LogP) is 4.53. The average Bonchev–Trinajstić information content (AvgIpc) is 3.18. The van der Waals surface area contributed by atoms with Gasteiger partial charge in [-0.25, -0.2) is 15.0 Å². The smallest absolute Gasteiger partial charge is 0.265 e. The first-order valence-corrected chi connectivity index (χ1v) is 11.4. The van der Waals surface area contributed by atoms with Gasteiger partial charge in [0.05, 0.1) is 25.3 Å². The Bertz CT molecular complexity index is 1570. The summed E-state index contributed by atoms with van der Waals surface area (Å²) in [5.41, 5.74) is 4.40. The van der Waals surface area contributed by atoms with Gasteiger partial charge in [0.1, 0.15) is 17.2 Å². The standard InChI is InChI=1S/C26H27N5O3/c1-5-16(2)31-15-27-24-22(26(31)32)23-25(29-19-9-7-6-8-18(19)28-23)30(24)13-12-17-10-11-20(33-3)21(14-17)34-4/h6-11,14-16H,5,12-13H2,1-4H3/t16-/m0/s1. The molecule has 8 nitrogen and oxygen atoms in total. The third kappa shape index (κ3) is 3.55. The fourth-order valence-corrected chi connectivity index (χ4v) is 4.32. The predicted molar refractivity (Wildman–Crippen MR) is 133 cm³/mol. The maximum Gasteiger partial charge on any atom is 0.265 e. The summed E-state index contributed by atoms with van der Waals surface area (Å²) in [6.07, 6.45) is 3.17. The zero-order valence-electron chi connectivity index (χ0n) is 19.8. The molecule has 0 unspecified atom stereocenters. The Morgan fingerprint density at radius 2 is 1.71 bits per heavy atom. The Morgan fingerprint density at radius 1 is 0.971 bits per heavy atom. The van der Waals surface area contributed by atoms with E-state index in [1.807, 2.05) is 54.0 Å². The number of ether oxygens (including phenoxy) is 2. The van der Waals surface area contributed by atoms with Crippen molar-refractivity contribution in [3.8, 4) is 11.5 Å². The summed E-state index contributed by atoms with van der Waals surface area (Å²) in [6, 6.07) is 13.6. The van der Waals surface area contributed by atoms with Crippen molar-refractivity contribution in [2.45, 2.75) is 39.3 Å². The zero-order valence-corrected chi connectivity index (χ0v) is 19.8. The minimum absolute atomic E-state index is 0.0444. The van der Waals surface area contributed by atoms with Crippen molar-refractivity contribution in [3.05, 3.63) is 64.7 Å². The SMILES string of the molecule is CC[C@H](C)n1cnc2c(c1=O)c1nc3ccccc3nc1n2CCc1ccc(OC)c(OC)c1. The van der Waals surface area contributed by atoms with E-state index < -0.39 is 0 Å². The second kappa shape index (κ2) is 8.78. The van der Waals surface area contributed by atoms with Crippen LogP contribution in [-0.4, -0.2) is 38.3 Å². The summed E-state index contributed by atoms with van der Waals surface area (Å²) in [5, 5.41) is 0.517. The molecule has 174 valence electrons. The van der Waals surface area contributed by atoms with Crippen molar-refractivity contribution >= 4 is 33.2 Å². The maximum atomic E-state index is 13.5. The van der Waals surface area contributed by atoms with Crippen LogP contribution in [0.5, 0.6) is 11.5 Å². The molecule has 0 aliphatic rings. The molecular formula is C26H27N5O3. The monoisotopic (exact) mass is 457 g/mol. The highest BCUT2D eigenvalue weighted by molar-refractivity contribution is 6.04. The molecule has 0 saturated carbocycles. The molecule has 0 fully saturated rings. The number of hydrogen-bond acceptors (Lipinski definition) is 6. The van der Waals surface area contributed by atoms with Gasteiger partial charge in [0.2, 0.25) is 0 Å². The molecule has 0 aliphatic heterocycles. The highest BCUT2D eigenvalue weighted by atomic mass is 16.5. The molecule has 3 aromatic heterocycles. The summed E-state index contributed by atoms with van der Waals surface area (Å²) in [7, 11) is 3.25. The van der Waals surface area contributed by atoms with Crippen LogP contribution in [0.25, 0.3) is 33.2 Å². The highest BCUT2D eigenvalue weighted by Gasteiger charge is 2.21. The number of aromatic nitrogens is 5. The highest BCUT2D eigenvalue weighted by Crippen LogP contribution is 2.29.